The van der Waals surface area contributed by atoms with E-state index in [1.54, 1.807) is 32.2 Å². The number of rotatable bonds is 6. The van der Waals surface area contributed by atoms with E-state index in [2.05, 4.69) is 19.8 Å². The van der Waals surface area contributed by atoms with Gasteiger partial charge in [-0.3, -0.25) is 4.72 Å². The van der Waals surface area contributed by atoms with Crippen LogP contribution in [0.1, 0.15) is 36.0 Å². The number of sulfonamides is 1. The number of hydrogen-bond donors (Lipinski definition) is 1. The molecule has 1 aromatic heterocycles. The summed E-state index contributed by atoms with van der Waals surface area (Å²) in [5.41, 5.74) is 4.23. The second-order valence-corrected chi connectivity index (χ2v) is 10.1. The van der Waals surface area contributed by atoms with Crippen molar-refractivity contribution in [3.63, 3.8) is 0 Å². The quantitative estimate of drug-likeness (QED) is 0.558. The molecule has 0 radical (unpaired) electrons. The Morgan fingerprint density at radius 2 is 1.70 bits per heavy atom. The summed E-state index contributed by atoms with van der Waals surface area (Å²) in [6.45, 7) is 7.52. The van der Waals surface area contributed by atoms with Crippen LogP contribution in [0.4, 0.5) is 11.5 Å². The lowest BCUT2D eigenvalue weighted by Gasteiger charge is -2.27. The van der Waals surface area contributed by atoms with E-state index in [9.17, 15) is 8.42 Å². The fraction of sp³-hybridized carbons (Fsp3) is 0.360. The Bertz CT molecular complexity index is 1250. The van der Waals surface area contributed by atoms with Crippen LogP contribution in [0.2, 0.25) is 0 Å². The Morgan fingerprint density at radius 1 is 0.939 bits per heavy atom. The van der Waals surface area contributed by atoms with Crippen LogP contribution in [0.25, 0.3) is 11.3 Å². The molecule has 0 saturated carbocycles. The molecular weight excluding hydrogens is 436 g/mol. The summed E-state index contributed by atoms with van der Waals surface area (Å²) in [5.74, 6) is 1.59. The van der Waals surface area contributed by atoms with Crippen LogP contribution >= 0.6 is 0 Å². The van der Waals surface area contributed by atoms with Crippen molar-refractivity contribution < 1.29 is 13.2 Å². The second kappa shape index (κ2) is 9.39. The van der Waals surface area contributed by atoms with Crippen LogP contribution in [-0.2, 0) is 10.0 Å². The van der Waals surface area contributed by atoms with Gasteiger partial charge in [-0.05, 0) is 87.1 Å². The molecule has 3 aromatic rings. The van der Waals surface area contributed by atoms with Crippen molar-refractivity contribution in [3.8, 4) is 17.0 Å². The van der Waals surface area contributed by atoms with Crippen molar-refractivity contribution >= 4 is 21.5 Å². The number of ether oxygens (including phenoxy) is 1. The van der Waals surface area contributed by atoms with Gasteiger partial charge in [0.05, 0.1) is 17.7 Å². The monoisotopic (exact) mass is 466 g/mol. The summed E-state index contributed by atoms with van der Waals surface area (Å²) in [7, 11) is -2.19. The van der Waals surface area contributed by atoms with Gasteiger partial charge in [-0.15, -0.1) is 10.2 Å². The van der Waals surface area contributed by atoms with E-state index in [4.69, 9.17) is 4.74 Å². The van der Waals surface area contributed by atoms with E-state index < -0.39 is 10.0 Å². The summed E-state index contributed by atoms with van der Waals surface area (Å²) < 4.78 is 34.6. The number of benzene rings is 2. The fourth-order valence-corrected chi connectivity index (χ4v) is 5.77. The maximum absolute atomic E-state index is 13.2. The minimum atomic E-state index is -3.78. The minimum absolute atomic E-state index is 0.245. The Labute approximate surface area is 195 Å². The number of methoxy groups -OCH3 is 1. The van der Waals surface area contributed by atoms with Crippen molar-refractivity contribution in [1.29, 1.82) is 0 Å². The van der Waals surface area contributed by atoms with Gasteiger partial charge in [0.25, 0.3) is 10.0 Å². The van der Waals surface area contributed by atoms with Gasteiger partial charge in [-0.1, -0.05) is 12.1 Å². The zero-order valence-electron chi connectivity index (χ0n) is 19.6. The van der Waals surface area contributed by atoms with Gasteiger partial charge < -0.3 is 9.64 Å². The number of anilines is 2. The van der Waals surface area contributed by atoms with Crippen LogP contribution in [0.3, 0.4) is 0 Å². The molecule has 0 aliphatic carbocycles. The van der Waals surface area contributed by atoms with Crippen molar-refractivity contribution in [2.45, 2.75) is 44.9 Å². The standard InChI is InChI=1S/C25H30N4O3S/c1-17-15-23(18(2)19(3)25(17)32-4)33(30,31)28-21-10-8-9-20(16-21)22-11-12-24(27-26-22)29-13-6-5-7-14-29/h8-12,15-16,28H,5-7,13-14H2,1-4H3. The molecule has 1 N–H and O–H groups in total. The first-order valence-corrected chi connectivity index (χ1v) is 12.6. The Morgan fingerprint density at radius 3 is 2.36 bits per heavy atom. The van der Waals surface area contributed by atoms with E-state index in [1.807, 2.05) is 38.1 Å². The molecule has 33 heavy (non-hydrogen) atoms. The summed E-state index contributed by atoms with van der Waals surface area (Å²) in [5, 5.41) is 8.80. The van der Waals surface area contributed by atoms with E-state index >= 15 is 0 Å². The number of aromatic nitrogens is 2. The highest BCUT2D eigenvalue weighted by Gasteiger charge is 2.22. The van der Waals surface area contributed by atoms with Crippen molar-refractivity contribution in [3.05, 3.63) is 59.2 Å². The third-order valence-corrected chi connectivity index (χ3v) is 7.72. The molecular formula is C25H30N4O3S. The molecule has 1 aliphatic heterocycles. The molecule has 4 rings (SSSR count). The van der Waals surface area contributed by atoms with E-state index in [0.717, 1.165) is 35.6 Å². The van der Waals surface area contributed by atoms with Crippen molar-refractivity contribution in [2.24, 2.45) is 0 Å². The molecule has 0 amide bonds. The largest absolute Gasteiger partial charge is 0.496 e. The average molecular weight is 467 g/mol. The van der Waals surface area contributed by atoms with Crippen LogP contribution in [0, 0.1) is 20.8 Å². The Kier molecular flexibility index (Phi) is 6.56. The molecule has 1 saturated heterocycles. The van der Waals surface area contributed by atoms with Crippen LogP contribution in [0.15, 0.2) is 47.4 Å². The maximum atomic E-state index is 13.2. The zero-order valence-corrected chi connectivity index (χ0v) is 20.4. The summed E-state index contributed by atoms with van der Waals surface area (Å²) in [6.07, 6.45) is 3.62. The Hall–Kier alpha value is -3.13. The lowest BCUT2D eigenvalue weighted by atomic mass is 10.1. The first-order valence-electron chi connectivity index (χ1n) is 11.2. The normalized spacial score (nSPS) is 14.2. The zero-order chi connectivity index (χ0) is 23.6. The maximum Gasteiger partial charge on any atom is 0.262 e. The average Bonchev–Trinajstić information content (AvgIpc) is 2.82. The van der Waals surface area contributed by atoms with Crippen LogP contribution < -0.4 is 14.4 Å². The molecule has 0 atom stereocenters. The first-order chi connectivity index (χ1) is 15.8. The highest BCUT2D eigenvalue weighted by Crippen LogP contribution is 2.32. The summed E-state index contributed by atoms with van der Waals surface area (Å²) in [4.78, 5) is 2.50. The third kappa shape index (κ3) is 4.80. The number of aryl methyl sites for hydroxylation is 1. The van der Waals surface area contributed by atoms with Gasteiger partial charge in [-0.2, -0.15) is 0 Å². The molecule has 8 heteroatoms. The van der Waals surface area contributed by atoms with E-state index in [1.165, 1.54) is 19.3 Å². The molecule has 0 bridgehead atoms. The van der Waals surface area contributed by atoms with Crippen molar-refractivity contribution in [2.75, 3.05) is 29.8 Å². The molecule has 1 fully saturated rings. The molecule has 0 unspecified atom stereocenters. The van der Waals surface area contributed by atoms with Gasteiger partial charge in [0.1, 0.15) is 5.75 Å². The molecule has 2 aromatic carbocycles. The lowest BCUT2D eigenvalue weighted by Crippen LogP contribution is -2.30. The van der Waals surface area contributed by atoms with Crippen LogP contribution in [0.5, 0.6) is 5.75 Å². The third-order valence-electron chi connectivity index (χ3n) is 6.21. The predicted molar refractivity (Wildman–Crippen MR) is 132 cm³/mol. The van der Waals surface area contributed by atoms with Gasteiger partial charge in [0, 0.05) is 24.3 Å². The number of piperidine rings is 1. The molecule has 1 aliphatic rings. The van der Waals surface area contributed by atoms with Gasteiger partial charge in [0.15, 0.2) is 5.82 Å². The number of nitrogens with zero attached hydrogens (tertiary/aromatic N) is 3. The lowest BCUT2D eigenvalue weighted by molar-refractivity contribution is 0.407. The highest BCUT2D eigenvalue weighted by atomic mass is 32.2. The number of nitrogens with one attached hydrogen (secondary N) is 1. The first kappa shape index (κ1) is 23.0. The van der Waals surface area contributed by atoms with Gasteiger partial charge >= 0.3 is 0 Å². The predicted octanol–water partition coefficient (Wildman–Crippen LogP) is 4.87. The molecule has 0 spiro atoms. The smallest absolute Gasteiger partial charge is 0.262 e. The SMILES string of the molecule is COc1c(C)cc(S(=O)(=O)Nc2cccc(-c3ccc(N4CCCCC4)nn3)c2)c(C)c1C. The minimum Gasteiger partial charge on any atom is -0.496 e. The molecule has 7 nitrogen and oxygen atoms in total. The van der Waals surface area contributed by atoms with Crippen LogP contribution in [-0.4, -0.2) is 38.8 Å². The van der Waals surface area contributed by atoms with E-state index in [0.29, 0.717) is 22.7 Å². The molecule has 174 valence electrons. The van der Waals surface area contributed by atoms with Gasteiger partial charge in [-0.25, -0.2) is 8.42 Å². The van der Waals surface area contributed by atoms with E-state index in [-0.39, 0.29) is 4.90 Å². The van der Waals surface area contributed by atoms with Crippen molar-refractivity contribution in [1.82, 2.24) is 10.2 Å². The second-order valence-electron chi connectivity index (χ2n) is 8.49. The summed E-state index contributed by atoms with van der Waals surface area (Å²) >= 11 is 0. The topological polar surface area (TPSA) is 84.4 Å². The number of hydrogen-bond acceptors (Lipinski definition) is 6. The highest BCUT2D eigenvalue weighted by molar-refractivity contribution is 7.92. The molecule has 2 heterocycles. The summed E-state index contributed by atoms with van der Waals surface area (Å²) in [6, 6.07) is 12.8. The van der Waals surface area contributed by atoms with Gasteiger partial charge in [0.2, 0.25) is 0 Å². The Balaban J connectivity index is 1.58. The fourth-order valence-electron chi connectivity index (χ4n) is 4.34.